The van der Waals surface area contributed by atoms with Gasteiger partial charge in [-0.3, -0.25) is 4.79 Å². The number of nitrogens with zero attached hydrogens (tertiary/aromatic N) is 1. The van der Waals surface area contributed by atoms with Crippen molar-refractivity contribution in [2.45, 2.75) is 6.10 Å². The Morgan fingerprint density at radius 2 is 2.04 bits per heavy atom. The van der Waals surface area contributed by atoms with Gasteiger partial charge in [0.25, 0.3) is 5.91 Å². The Kier molecular flexibility index (Phi) is 4.55. The maximum atomic E-state index is 11.9. The van der Waals surface area contributed by atoms with E-state index in [0.717, 1.165) is 20.9 Å². The number of carbonyl (C=O) groups is 1. The first-order chi connectivity index (χ1) is 11.1. The molecule has 3 rings (SSSR count). The molecule has 0 aliphatic carbocycles. The molecule has 23 heavy (non-hydrogen) atoms. The standard InChI is InChI=1S/C17H14BrN3O2/c18-13-6-7-15-14(8-13)12(9-19-15)10-20-21-17(23)16(22)11-4-2-1-3-5-11/h1-10,16,19,22H,(H,21,23)/b20-10-/t16-/m1/s1. The molecule has 0 aliphatic heterocycles. The van der Waals surface area contributed by atoms with E-state index >= 15 is 0 Å². The van der Waals surface area contributed by atoms with Gasteiger partial charge in [-0.25, -0.2) is 5.43 Å². The zero-order chi connectivity index (χ0) is 16.2. The molecule has 2 aromatic carbocycles. The normalized spacial score (nSPS) is 12.6. The summed E-state index contributed by atoms with van der Waals surface area (Å²) in [7, 11) is 0. The summed E-state index contributed by atoms with van der Waals surface area (Å²) in [5, 5.41) is 14.9. The van der Waals surface area contributed by atoms with E-state index in [9.17, 15) is 9.90 Å². The second kappa shape index (κ2) is 6.76. The average Bonchev–Trinajstić information content (AvgIpc) is 2.97. The predicted molar refractivity (Wildman–Crippen MR) is 93.1 cm³/mol. The summed E-state index contributed by atoms with van der Waals surface area (Å²) in [6.07, 6.45) is 2.10. The molecule has 0 saturated heterocycles. The highest BCUT2D eigenvalue weighted by Crippen LogP contribution is 2.21. The summed E-state index contributed by atoms with van der Waals surface area (Å²) >= 11 is 3.43. The Labute approximate surface area is 141 Å². The van der Waals surface area contributed by atoms with E-state index in [0.29, 0.717) is 5.56 Å². The van der Waals surface area contributed by atoms with Crippen LogP contribution < -0.4 is 5.43 Å². The summed E-state index contributed by atoms with van der Waals surface area (Å²) in [6, 6.07) is 14.6. The zero-order valence-corrected chi connectivity index (χ0v) is 13.6. The van der Waals surface area contributed by atoms with E-state index in [-0.39, 0.29) is 0 Å². The number of hydrogen-bond donors (Lipinski definition) is 3. The first-order valence-corrected chi connectivity index (χ1v) is 7.77. The van der Waals surface area contributed by atoms with Gasteiger partial charge in [-0.05, 0) is 23.8 Å². The number of hydrogen-bond acceptors (Lipinski definition) is 3. The van der Waals surface area contributed by atoms with Gasteiger partial charge in [-0.1, -0.05) is 46.3 Å². The molecule has 1 aromatic heterocycles. The fourth-order valence-corrected chi connectivity index (χ4v) is 2.60. The van der Waals surface area contributed by atoms with Crippen LogP contribution in [-0.2, 0) is 4.79 Å². The number of aliphatic hydroxyl groups is 1. The minimum absolute atomic E-state index is 0.524. The van der Waals surface area contributed by atoms with Crippen LogP contribution in [0.1, 0.15) is 17.2 Å². The number of rotatable bonds is 4. The number of benzene rings is 2. The molecule has 1 atom stereocenters. The van der Waals surface area contributed by atoms with E-state index in [4.69, 9.17) is 0 Å². The highest BCUT2D eigenvalue weighted by molar-refractivity contribution is 9.10. The molecule has 0 bridgehead atoms. The molecule has 6 heteroatoms. The van der Waals surface area contributed by atoms with Crippen molar-refractivity contribution in [3.63, 3.8) is 0 Å². The molecule has 5 nitrogen and oxygen atoms in total. The van der Waals surface area contributed by atoms with Crippen LogP contribution in [0.2, 0.25) is 0 Å². The van der Waals surface area contributed by atoms with Crippen molar-refractivity contribution in [2.24, 2.45) is 5.10 Å². The van der Waals surface area contributed by atoms with Crippen molar-refractivity contribution < 1.29 is 9.90 Å². The molecule has 0 radical (unpaired) electrons. The number of hydrazone groups is 1. The van der Waals surface area contributed by atoms with Crippen molar-refractivity contribution >= 4 is 39.0 Å². The lowest BCUT2D eigenvalue weighted by atomic mass is 10.1. The number of aromatic nitrogens is 1. The first-order valence-electron chi connectivity index (χ1n) is 6.98. The summed E-state index contributed by atoms with van der Waals surface area (Å²) in [5.41, 5.74) is 4.70. The average molecular weight is 372 g/mol. The van der Waals surface area contributed by atoms with E-state index < -0.39 is 12.0 Å². The van der Waals surface area contributed by atoms with Gasteiger partial charge >= 0.3 is 0 Å². The topological polar surface area (TPSA) is 77.5 Å². The zero-order valence-electron chi connectivity index (χ0n) is 12.0. The lowest BCUT2D eigenvalue weighted by Gasteiger charge is -2.08. The number of amides is 1. The summed E-state index contributed by atoms with van der Waals surface area (Å²) in [6.45, 7) is 0. The minimum atomic E-state index is -1.24. The van der Waals surface area contributed by atoms with Crippen LogP contribution in [-0.4, -0.2) is 22.2 Å². The number of aromatic amines is 1. The highest BCUT2D eigenvalue weighted by atomic mass is 79.9. The Morgan fingerprint density at radius 3 is 2.83 bits per heavy atom. The number of aliphatic hydroxyl groups excluding tert-OH is 1. The fourth-order valence-electron chi connectivity index (χ4n) is 2.23. The maximum Gasteiger partial charge on any atom is 0.273 e. The number of fused-ring (bicyclic) bond motifs is 1. The Hall–Kier alpha value is -2.44. The lowest BCUT2D eigenvalue weighted by Crippen LogP contribution is -2.25. The number of halogens is 1. The van der Waals surface area contributed by atoms with Gasteiger partial charge in [-0.15, -0.1) is 0 Å². The van der Waals surface area contributed by atoms with Crippen LogP contribution >= 0.6 is 15.9 Å². The van der Waals surface area contributed by atoms with Crippen LogP contribution in [0, 0.1) is 0 Å². The number of carbonyl (C=O) groups excluding carboxylic acids is 1. The molecule has 0 unspecified atom stereocenters. The van der Waals surface area contributed by atoms with E-state index in [1.54, 1.807) is 36.7 Å². The first kappa shape index (κ1) is 15.5. The van der Waals surface area contributed by atoms with Gasteiger partial charge in [0.05, 0.1) is 6.21 Å². The van der Waals surface area contributed by atoms with E-state index in [2.05, 4.69) is 31.4 Å². The van der Waals surface area contributed by atoms with E-state index in [1.165, 1.54) is 0 Å². The molecule has 0 aliphatic rings. The van der Waals surface area contributed by atoms with Crippen molar-refractivity contribution in [3.05, 3.63) is 70.3 Å². The molecule has 0 fully saturated rings. The molecule has 3 aromatic rings. The summed E-state index contributed by atoms with van der Waals surface area (Å²) in [4.78, 5) is 15.0. The van der Waals surface area contributed by atoms with Gasteiger partial charge in [0.15, 0.2) is 6.10 Å². The summed E-state index contributed by atoms with van der Waals surface area (Å²) in [5.74, 6) is -0.575. The van der Waals surface area contributed by atoms with Gasteiger partial charge in [-0.2, -0.15) is 5.10 Å². The SMILES string of the molecule is O=C(N/N=C\c1c[nH]c2ccc(Br)cc12)[C@H](O)c1ccccc1. The molecule has 1 amide bonds. The molecular weight excluding hydrogens is 358 g/mol. The predicted octanol–water partition coefficient (Wildman–Crippen LogP) is 3.11. The van der Waals surface area contributed by atoms with Crippen LogP contribution in [0.4, 0.5) is 0 Å². The molecule has 3 N–H and O–H groups in total. The number of nitrogens with one attached hydrogen (secondary N) is 2. The second-order valence-corrected chi connectivity index (χ2v) is 5.90. The van der Waals surface area contributed by atoms with Gasteiger partial charge in [0, 0.05) is 27.1 Å². The van der Waals surface area contributed by atoms with Crippen molar-refractivity contribution in [1.29, 1.82) is 0 Å². The van der Waals surface area contributed by atoms with Crippen LogP contribution in [0.5, 0.6) is 0 Å². The molecule has 0 saturated carbocycles. The molecule has 116 valence electrons. The Bertz CT molecular complexity index is 859. The van der Waals surface area contributed by atoms with Crippen LogP contribution in [0.15, 0.2) is 64.3 Å². The highest BCUT2D eigenvalue weighted by Gasteiger charge is 2.16. The van der Waals surface area contributed by atoms with Crippen molar-refractivity contribution in [3.8, 4) is 0 Å². The third-order valence-electron chi connectivity index (χ3n) is 3.42. The van der Waals surface area contributed by atoms with Gasteiger partial charge in [0.1, 0.15) is 0 Å². The van der Waals surface area contributed by atoms with E-state index in [1.807, 2.05) is 24.3 Å². The van der Waals surface area contributed by atoms with Gasteiger partial charge < -0.3 is 10.1 Å². The minimum Gasteiger partial charge on any atom is -0.378 e. The quantitative estimate of drug-likeness (QED) is 0.486. The van der Waals surface area contributed by atoms with Crippen molar-refractivity contribution in [1.82, 2.24) is 10.4 Å². The maximum absolute atomic E-state index is 11.9. The lowest BCUT2D eigenvalue weighted by molar-refractivity contribution is -0.129. The fraction of sp³-hybridized carbons (Fsp3) is 0.0588. The monoisotopic (exact) mass is 371 g/mol. The largest absolute Gasteiger partial charge is 0.378 e. The molecule has 0 spiro atoms. The smallest absolute Gasteiger partial charge is 0.273 e. The Morgan fingerprint density at radius 1 is 1.26 bits per heavy atom. The van der Waals surface area contributed by atoms with Crippen molar-refractivity contribution in [2.75, 3.05) is 0 Å². The summed E-state index contributed by atoms with van der Waals surface area (Å²) < 4.78 is 0.961. The van der Waals surface area contributed by atoms with Crippen LogP contribution in [0.25, 0.3) is 10.9 Å². The third-order valence-corrected chi connectivity index (χ3v) is 3.91. The second-order valence-electron chi connectivity index (χ2n) is 4.98. The van der Waals surface area contributed by atoms with Gasteiger partial charge in [0.2, 0.25) is 0 Å². The number of H-pyrrole nitrogens is 1. The molecule has 1 heterocycles. The molecular formula is C17H14BrN3O2. The Balaban J connectivity index is 1.70. The van der Waals surface area contributed by atoms with Crippen LogP contribution in [0.3, 0.4) is 0 Å². The third kappa shape index (κ3) is 3.49.